The summed E-state index contributed by atoms with van der Waals surface area (Å²) in [6.45, 7) is 0.955. The lowest BCUT2D eigenvalue weighted by molar-refractivity contribution is 0.0946. The number of hydrogen-bond acceptors (Lipinski definition) is 4. The van der Waals surface area contributed by atoms with Gasteiger partial charge >= 0.3 is 0 Å². The zero-order valence-corrected chi connectivity index (χ0v) is 17.3. The summed E-state index contributed by atoms with van der Waals surface area (Å²) in [5, 5.41) is 12.6. The Kier molecular flexibility index (Phi) is 5.89. The van der Waals surface area contributed by atoms with E-state index in [-0.39, 0.29) is 18.3 Å². The van der Waals surface area contributed by atoms with E-state index in [0.29, 0.717) is 51.8 Å². The zero-order chi connectivity index (χ0) is 22.7. The average Bonchev–Trinajstić information content (AvgIpc) is 3.62. The number of ether oxygens (including phenoxy) is 1. The first-order valence-electron chi connectivity index (χ1n) is 10.9. The third kappa shape index (κ3) is 5.09. The molecule has 1 aliphatic carbocycles. The Morgan fingerprint density at radius 1 is 1.29 bits per heavy atom. The quantitative estimate of drug-likeness (QED) is 0.565. The molecule has 0 saturated heterocycles. The highest BCUT2D eigenvalue weighted by molar-refractivity contribution is 5.98. The van der Waals surface area contributed by atoms with Crippen molar-refractivity contribution in [3.8, 4) is 17.0 Å². The summed E-state index contributed by atoms with van der Waals surface area (Å²) >= 11 is 0. The van der Waals surface area contributed by atoms with Crippen LogP contribution < -0.4 is 10.1 Å². The van der Waals surface area contributed by atoms with Gasteiger partial charge in [-0.25, -0.2) is 4.39 Å². The topological polar surface area (TPSA) is 71.5 Å². The predicted octanol–water partition coefficient (Wildman–Crippen LogP) is 4.41. The van der Waals surface area contributed by atoms with E-state index in [0.717, 1.165) is 12.8 Å². The van der Waals surface area contributed by atoms with Crippen LogP contribution >= 0.6 is 0 Å². The van der Waals surface area contributed by atoms with Crippen molar-refractivity contribution in [2.24, 2.45) is 5.92 Å². The van der Waals surface area contributed by atoms with Crippen LogP contribution in [0.2, 0.25) is 0 Å². The number of halogens is 1. The molecule has 3 aromatic rings. The molecule has 1 heterocycles. The van der Waals surface area contributed by atoms with Gasteiger partial charge in [-0.05, 0) is 67.1 Å². The number of carbonyl (C=O) groups excluding carboxylic acids is 1. The third-order valence-corrected chi connectivity index (χ3v) is 5.34. The molecule has 0 bridgehead atoms. The Bertz CT molecular complexity index is 1130. The molecule has 5 nitrogen and oxygen atoms in total. The minimum atomic E-state index is -1.45. The molecule has 2 aromatic carbocycles. The number of aliphatic hydroxyl groups is 1. The number of carbonyl (C=O) groups is 1. The van der Waals surface area contributed by atoms with E-state index in [4.69, 9.17) is 6.11 Å². The molecule has 1 unspecified atom stereocenters. The fourth-order valence-corrected chi connectivity index (χ4v) is 3.26. The summed E-state index contributed by atoms with van der Waals surface area (Å²) in [7, 11) is 0. The van der Waals surface area contributed by atoms with Gasteiger partial charge in [0, 0.05) is 23.9 Å². The van der Waals surface area contributed by atoms with Crippen LogP contribution in [0.3, 0.4) is 0 Å². The zero-order valence-electron chi connectivity index (χ0n) is 18.3. The van der Waals surface area contributed by atoms with Crippen LogP contribution in [0.5, 0.6) is 5.75 Å². The van der Waals surface area contributed by atoms with Crippen LogP contribution in [0, 0.1) is 18.7 Å². The van der Waals surface area contributed by atoms with Gasteiger partial charge in [-0.15, -0.1) is 0 Å². The number of hydrogen-bond donors (Lipinski definition) is 2. The van der Waals surface area contributed by atoms with E-state index in [1.165, 1.54) is 6.07 Å². The molecule has 1 aromatic heterocycles. The van der Waals surface area contributed by atoms with Gasteiger partial charge in [0.1, 0.15) is 11.6 Å². The molecule has 1 amide bonds. The van der Waals surface area contributed by atoms with Gasteiger partial charge in [0.2, 0.25) is 0 Å². The fraction of sp³-hybridized carbons (Fsp3) is 0.280. The van der Waals surface area contributed by atoms with Gasteiger partial charge < -0.3 is 15.2 Å². The first-order valence-corrected chi connectivity index (χ1v) is 10.3. The number of pyridine rings is 1. The Hall–Kier alpha value is -3.25. The molecule has 6 heteroatoms. The summed E-state index contributed by atoms with van der Waals surface area (Å²) in [6, 6.07) is 13.3. The van der Waals surface area contributed by atoms with E-state index in [1.54, 1.807) is 55.6 Å². The summed E-state index contributed by atoms with van der Waals surface area (Å²) in [5.41, 5.74) is 2.90. The highest BCUT2D eigenvalue weighted by Gasteiger charge is 2.23. The number of nitrogens with one attached hydrogen (secondary N) is 1. The molecule has 1 aliphatic rings. The molecular weight excluding hydrogens is 395 g/mol. The van der Waals surface area contributed by atoms with E-state index < -0.39 is 6.58 Å². The monoisotopic (exact) mass is 421 g/mol. The van der Waals surface area contributed by atoms with Crippen LogP contribution in [0.4, 0.5) is 4.39 Å². The second-order valence-corrected chi connectivity index (χ2v) is 7.80. The molecule has 2 N–H and O–H groups in total. The van der Waals surface area contributed by atoms with Crippen molar-refractivity contribution in [1.82, 2.24) is 10.3 Å². The van der Waals surface area contributed by atoms with Crippen LogP contribution in [0.25, 0.3) is 11.3 Å². The number of aryl methyl sites for hydroxylation is 1. The summed E-state index contributed by atoms with van der Waals surface area (Å²) < 4.78 is 27.4. The SMILES string of the molecule is [2H]C(O)c1cccnc1-c1ccc(OCC2CC2)c(C(=O)NCc2ccc(C)c(F)c2)c1. The van der Waals surface area contributed by atoms with Crippen molar-refractivity contribution in [3.05, 3.63) is 82.8 Å². The van der Waals surface area contributed by atoms with E-state index >= 15 is 0 Å². The van der Waals surface area contributed by atoms with Gasteiger partial charge in [0.25, 0.3) is 5.91 Å². The van der Waals surface area contributed by atoms with Crippen molar-refractivity contribution in [3.63, 3.8) is 0 Å². The molecule has 0 radical (unpaired) electrons. The summed E-state index contributed by atoms with van der Waals surface area (Å²) in [5.74, 6) is 0.297. The van der Waals surface area contributed by atoms with Crippen molar-refractivity contribution < 1.29 is 20.4 Å². The molecule has 1 fully saturated rings. The predicted molar refractivity (Wildman–Crippen MR) is 116 cm³/mol. The Morgan fingerprint density at radius 2 is 2.13 bits per heavy atom. The van der Waals surface area contributed by atoms with Crippen molar-refractivity contribution in [1.29, 1.82) is 0 Å². The molecule has 31 heavy (non-hydrogen) atoms. The van der Waals surface area contributed by atoms with Gasteiger partial charge in [0.15, 0.2) is 0 Å². The Labute approximate surface area is 182 Å². The first kappa shape index (κ1) is 19.7. The number of nitrogens with zero attached hydrogens (tertiary/aromatic N) is 1. The number of aromatic nitrogens is 1. The molecular formula is C25H25FN2O3. The van der Waals surface area contributed by atoms with Crippen molar-refractivity contribution in [2.45, 2.75) is 32.9 Å². The Morgan fingerprint density at radius 3 is 2.87 bits per heavy atom. The van der Waals surface area contributed by atoms with Gasteiger partial charge in [-0.2, -0.15) is 0 Å². The number of benzene rings is 2. The minimum absolute atomic E-state index is 0.169. The number of rotatable bonds is 8. The second kappa shape index (κ2) is 9.27. The van der Waals surface area contributed by atoms with Gasteiger partial charge in [0.05, 0.1) is 25.8 Å². The standard InChI is InChI=1S/C25H25FN2O3/c1-16-4-5-18(11-22(16)26)13-28-25(30)21-12-19(24-20(14-29)3-2-10-27-24)8-9-23(21)31-15-17-6-7-17/h2-5,8-12,17,29H,6-7,13-15H2,1H3,(H,28,30)/i14D. The van der Waals surface area contributed by atoms with Crippen molar-refractivity contribution in [2.75, 3.05) is 6.61 Å². The summed E-state index contributed by atoms with van der Waals surface area (Å²) in [4.78, 5) is 17.4. The second-order valence-electron chi connectivity index (χ2n) is 7.80. The van der Waals surface area contributed by atoms with Crippen LogP contribution in [-0.4, -0.2) is 22.6 Å². The number of amides is 1. The van der Waals surface area contributed by atoms with Gasteiger partial charge in [-0.3, -0.25) is 9.78 Å². The summed E-state index contributed by atoms with van der Waals surface area (Å²) in [6.07, 6.45) is 3.82. The lowest BCUT2D eigenvalue weighted by Gasteiger charge is -2.14. The number of aliphatic hydroxyl groups excluding tert-OH is 1. The lowest BCUT2D eigenvalue weighted by Crippen LogP contribution is -2.24. The molecule has 4 rings (SSSR count). The lowest BCUT2D eigenvalue weighted by atomic mass is 10.0. The fourth-order valence-electron chi connectivity index (χ4n) is 3.26. The Balaban J connectivity index is 1.61. The smallest absolute Gasteiger partial charge is 0.255 e. The highest BCUT2D eigenvalue weighted by atomic mass is 19.1. The maximum absolute atomic E-state index is 13.8. The van der Waals surface area contributed by atoms with Crippen LogP contribution in [0.1, 0.15) is 41.3 Å². The van der Waals surface area contributed by atoms with E-state index in [2.05, 4.69) is 10.3 Å². The molecule has 1 atom stereocenters. The molecule has 1 saturated carbocycles. The molecule has 0 aliphatic heterocycles. The van der Waals surface area contributed by atoms with Crippen molar-refractivity contribution >= 4 is 5.91 Å². The van der Waals surface area contributed by atoms with E-state index in [1.807, 2.05) is 0 Å². The maximum Gasteiger partial charge on any atom is 0.255 e. The average molecular weight is 421 g/mol. The largest absolute Gasteiger partial charge is 0.492 e. The van der Waals surface area contributed by atoms with Crippen LogP contribution in [0.15, 0.2) is 54.7 Å². The first-order chi connectivity index (χ1) is 15.4. The van der Waals surface area contributed by atoms with Crippen LogP contribution in [-0.2, 0) is 13.1 Å². The highest BCUT2D eigenvalue weighted by Crippen LogP contribution is 2.32. The van der Waals surface area contributed by atoms with E-state index in [9.17, 15) is 14.3 Å². The maximum atomic E-state index is 13.8. The minimum Gasteiger partial charge on any atom is -0.492 e. The molecule has 160 valence electrons. The third-order valence-electron chi connectivity index (χ3n) is 5.34. The van der Waals surface area contributed by atoms with Gasteiger partial charge in [-0.1, -0.05) is 18.2 Å². The molecule has 0 spiro atoms. The normalized spacial score (nSPS) is 14.6.